The monoisotopic (exact) mass is 266 g/mol. The van der Waals surface area contributed by atoms with E-state index in [2.05, 4.69) is 29.0 Å². The van der Waals surface area contributed by atoms with Gasteiger partial charge < -0.3 is 10.1 Å². The highest BCUT2D eigenvalue weighted by molar-refractivity contribution is 7.99. The van der Waals surface area contributed by atoms with Gasteiger partial charge in [0.15, 0.2) is 0 Å². The first-order valence-electron chi connectivity index (χ1n) is 6.66. The lowest BCUT2D eigenvalue weighted by Gasteiger charge is -2.13. The summed E-state index contributed by atoms with van der Waals surface area (Å²) < 4.78 is 5.13. The third kappa shape index (κ3) is 3.89. The zero-order valence-corrected chi connectivity index (χ0v) is 12.0. The zero-order valence-electron chi connectivity index (χ0n) is 11.2. The Morgan fingerprint density at radius 3 is 3.11 bits per heavy atom. The van der Waals surface area contributed by atoms with Crippen molar-refractivity contribution in [2.45, 2.75) is 44.0 Å². The molecule has 18 heavy (non-hydrogen) atoms. The molecule has 1 saturated carbocycles. The summed E-state index contributed by atoms with van der Waals surface area (Å²) in [7, 11) is 1.66. The van der Waals surface area contributed by atoms with Gasteiger partial charge in [-0.1, -0.05) is 13.0 Å². The van der Waals surface area contributed by atoms with Crippen LogP contribution in [0, 0.1) is 0 Å². The van der Waals surface area contributed by atoms with Gasteiger partial charge in [0, 0.05) is 23.9 Å². The molecule has 1 heterocycles. The summed E-state index contributed by atoms with van der Waals surface area (Å²) in [5, 5.41) is 4.46. The van der Waals surface area contributed by atoms with Crippen LogP contribution in [0.3, 0.4) is 0 Å². The molecule has 2 atom stereocenters. The van der Waals surface area contributed by atoms with Gasteiger partial charge in [0.25, 0.3) is 0 Å². The Labute approximate surface area is 114 Å². The van der Waals surface area contributed by atoms with E-state index in [-0.39, 0.29) is 0 Å². The summed E-state index contributed by atoms with van der Waals surface area (Å²) in [6, 6.07) is 6.57. The van der Waals surface area contributed by atoms with E-state index in [4.69, 9.17) is 4.74 Å². The highest BCUT2D eigenvalue weighted by atomic mass is 32.2. The number of nitrogens with zero attached hydrogens (tertiary/aromatic N) is 1. The summed E-state index contributed by atoms with van der Waals surface area (Å²) >= 11 is 2.09. The van der Waals surface area contributed by atoms with Crippen LogP contribution >= 0.6 is 11.8 Å². The van der Waals surface area contributed by atoms with E-state index in [0.717, 1.165) is 17.5 Å². The van der Waals surface area contributed by atoms with Crippen molar-refractivity contribution in [3.05, 3.63) is 23.9 Å². The number of hydrogen-bond acceptors (Lipinski definition) is 4. The number of aromatic nitrogens is 1. The van der Waals surface area contributed by atoms with Gasteiger partial charge in [-0.25, -0.2) is 4.98 Å². The van der Waals surface area contributed by atoms with Crippen LogP contribution in [0.5, 0.6) is 5.88 Å². The second kappa shape index (κ2) is 7.00. The van der Waals surface area contributed by atoms with Gasteiger partial charge in [-0.05, 0) is 31.1 Å². The largest absolute Gasteiger partial charge is 0.481 e. The molecule has 0 amide bonds. The summed E-state index contributed by atoms with van der Waals surface area (Å²) in [6.45, 7) is 3.08. The Morgan fingerprint density at radius 1 is 1.44 bits per heavy atom. The molecule has 0 aromatic carbocycles. The molecule has 1 N–H and O–H groups in total. The van der Waals surface area contributed by atoms with Gasteiger partial charge in [0.2, 0.25) is 5.88 Å². The van der Waals surface area contributed by atoms with Crippen LogP contribution < -0.4 is 10.1 Å². The second-order valence-electron chi connectivity index (χ2n) is 4.64. The zero-order chi connectivity index (χ0) is 12.8. The summed E-state index contributed by atoms with van der Waals surface area (Å²) in [5.41, 5.74) is 1.06. The van der Waals surface area contributed by atoms with Crippen LogP contribution in [-0.4, -0.2) is 29.1 Å². The Morgan fingerprint density at radius 2 is 2.33 bits per heavy atom. The standard InChI is InChI=1S/C14H22N2OS/c1-3-18-13-8-7-11(9-13)15-10-12-5-4-6-14(16-12)17-2/h4-6,11,13,15H,3,7-10H2,1-2H3/t11-,13-/m1/s1. The fourth-order valence-corrected chi connectivity index (χ4v) is 3.57. The van der Waals surface area contributed by atoms with E-state index in [1.807, 2.05) is 18.2 Å². The van der Waals surface area contributed by atoms with Crippen molar-refractivity contribution < 1.29 is 4.74 Å². The Kier molecular flexibility index (Phi) is 5.32. The lowest BCUT2D eigenvalue weighted by molar-refractivity contribution is 0.395. The molecule has 1 aromatic rings. The third-order valence-electron chi connectivity index (χ3n) is 3.35. The van der Waals surface area contributed by atoms with Gasteiger partial charge in [0.1, 0.15) is 0 Å². The predicted octanol–water partition coefficient (Wildman–Crippen LogP) is 2.85. The quantitative estimate of drug-likeness (QED) is 0.858. The van der Waals surface area contributed by atoms with E-state index in [1.165, 1.54) is 25.0 Å². The average molecular weight is 266 g/mol. The highest BCUT2D eigenvalue weighted by Gasteiger charge is 2.23. The average Bonchev–Trinajstić information content (AvgIpc) is 2.85. The molecule has 1 aromatic heterocycles. The first-order chi connectivity index (χ1) is 8.81. The predicted molar refractivity (Wildman–Crippen MR) is 77.2 cm³/mol. The molecule has 1 aliphatic carbocycles. The number of rotatable bonds is 6. The molecule has 0 radical (unpaired) electrons. The maximum Gasteiger partial charge on any atom is 0.213 e. The van der Waals surface area contributed by atoms with E-state index in [1.54, 1.807) is 7.11 Å². The van der Waals surface area contributed by atoms with Crippen LogP contribution in [0.1, 0.15) is 31.9 Å². The Bertz CT molecular complexity index is 373. The fourth-order valence-electron chi connectivity index (χ4n) is 2.43. The molecule has 1 fully saturated rings. The molecule has 4 heteroatoms. The maximum absolute atomic E-state index is 5.13. The highest BCUT2D eigenvalue weighted by Crippen LogP contribution is 2.29. The number of pyridine rings is 1. The van der Waals surface area contributed by atoms with E-state index in [9.17, 15) is 0 Å². The summed E-state index contributed by atoms with van der Waals surface area (Å²) in [6.07, 6.45) is 3.94. The summed E-state index contributed by atoms with van der Waals surface area (Å²) in [5.74, 6) is 1.93. The summed E-state index contributed by atoms with van der Waals surface area (Å²) in [4.78, 5) is 4.42. The Balaban J connectivity index is 1.78. The van der Waals surface area contributed by atoms with Gasteiger partial charge >= 0.3 is 0 Å². The van der Waals surface area contributed by atoms with Crippen molar-refractivity contribution in [1.82, 2.24) is 10.3 Å². The molecule has 0 bridgehead atoms. The molecular weight excluding hydrogens is 244 g/mol. The molecule has 100 valence electrons. The van der Waals surface area contributed by atoms with E-state index in [0.29, 0.717) is 11.9 Å². The molecule has 2 rings (SSSR count). The minimum atomic E-state index is 0.655. The van der Waals surface area contributed by atoms with Crippen molar-refractivity contribution in [1.29, 1.82) is 0 Å². The lowest BCUT2D eigenvalue weighted by Crippen LogP contribution is -2.26. The van der Waals surface area contributed by atoms with Crippen LogP contribution in [-0.2, 0) is 6.54 Å². The van der Waals surface area contributed by atoms with Crippen molar-refractivity contribution in [2.24, 2.45) is 0 Å². The van der Waals surface area contributed by atoms with Crippen LogP contribution in [0.4, 0.5) is 0 Å². The number of nitrogens with one attached hydrogen (secondary N) is 1. The maximum atomic E-state index is 5.13. The van der Waals surface area contributed by atoms with Gasteiger partial charge in [-0.15, -0.1) is 0 Å². The molecule has 0 spiro atoms. The smallest absolute Gasteiger partial charge is 0.213 e. The van der Waals surface area contributed by atoms with Crippen LogP contribution in [0.15, 0.2) is 18.2 Å². The van der Waals surface area contributed by atoms with Gasteiger partial charge in [0.05, 0.1) is 12.8 Å². The second-order valence-corrected chi connectivity index (χ2v) is 6.22. The third-order valence-corrected chi connectivity index (χ3v) is 4.58. The number of thioether (sulfide) groups is 1. The topological polar surface area (TPSA) is 34.1 Å². The first kappa shape index (κ1) is 13.7. The fraction of sp³-hybridized carbons (Fsp3) is 0.643. The van der Waals surface area contributed by atoms with Crippen molar-refractivity contribution in [3.8, 4) is 5.88 Å². The SMILES string of the molecule is CCS[C@@H]1CC[C@@H](NCc2cccc(OC)n2)C1. The number of ether oxygens (including phenoxy) is 1. The molecular formula is C14H22N2OS. The molecule has 3 nitrogen and oxygen atoms in total. The van der Waals surface area contributed by atoms with Crippen LogP contribution in [0.25, 0.3) is 0 Å². The minimum absolute atomic E-state index is 0.655. The minimum Gasteiger partial charge on any atom is -0.481 e. The van der Waals surface area contributed by atoms with Gasteiger partial charge in [-0.3, -0.25) is 0 Å². The molecule has 0 unspecified atom stereocenters. The Hall–Kier alpha value is -0.740. The van der Waals surface area contributed by atoms with Crippen molar-refractivity contribution in [3.63, 3.8) is 0 Å². The number of methoxy groups -OCH3 is 1. The van der Waals surface area contributed by atoms with Gasteiger partial charge in [-0.2, -0.15) is 11.8 Å². The van der Waals surface area contributed by atoms with Crippen molar-refractivity contribution >= 4 is 11.8 Å². The molecule has 0 saturated heterocycles. The number of hydrogen-bond donors (Lipinski definition) is 1. The molecule has 0 aliphatic heterocycles. The van der Waals surface area contributed by atoms with E-state index >= 15 is 0 Å². The van der Waals surface area contributed by atoms with Crippen LogP contribution in [0.2, 0.25) is 0 Å². The van der Waals surface area contributed by atoms with Crippen molar-refractivity contribution in [2.75, 3.05) is 12.9 Å². The lowest BCUT2D eigenvalue weighted by atomic mass is 10.2. The molecule has 1 aliphatic rings. The van der Waals surface area contributed by atoms with E-state index < -0.39 is 0 Å². The first-order valence-corrected chi connectivity index (χ1v) is 7.71. The normalized spacial score (nSPS) is 23.2.